The Morgan fingerprint density at radius 2 is 1.84 bits per heavy atom. The highest BCUT2D eigenvalue weighted by Crippen LogP contribution is 2.20. The van der Waals surface area contributed by atoms with Crippen LogP contribution in [0.3, 0.4) is 0 Å². The van der Waals surface area contributed by atoms with Crippen LogP contribution in [0, 0.1) is 5.92 Å². The number of amides is 1. The van der Waals surface area contributed by atoms with Gasteiger partial charge in [-0.1, -0.05) is 19.3 Å². The summed E-state index contributed by atoms with van der Waals surface area (Å²) in [6.07, 6.45) is 8.46. The van der Waals surface area contributed by atoms with Crippen LogP contribution in [0.25, 0.3) is 0 Å². The van der Waals surface area contributed by atoms with Crippen LogP contribution < -0.4 is 11.1 Å². The van der Waals surface area contributed by atoms with Gasteiger partial charge in [0.1, 0.15) is 0 Å². The normalized spacial score (nSPS) is 25.2. The average Bonchev–Trinajstić information content (AvgIpc) is 2.40. The van der Waals surface area contributed by atoms with E-state index < -0.39 is 0 Å². The number of nitrogens with zero attached hydrogens (tertiary/aromatic N) is 1. The minimum Gasteiger partial charge on any atom is -0.352 e. The Bertz CT molecular complexity index is 279. The maximum Gasteiger partial charge on any atom is 0.234 e. The summed E-state index contributed by atoms with van der Waals surface area (Å²) in [7, 11) is 0. The number of nitrogens with one attached hydrogen (secondary N) is 1. The third-order valence-corrected chi connectivity index (χ3v) is 4.71. The molecule has 2 rings (SSSR count). The van der Waals surface area contributed by atoms with Crippen LogP contribution in [-0.2, 0) is 4.79 Å². The van der Waals surface area contributed by atoms with Gasteiger partial charge in [0.05, 0.1) is 6.54 Å². The van der Waals surface area contributed by atoms with Crippen molar-refractivity contribution < 1.29 is 4.79 Å². The van der Waals surface area contributed by atoms with E-state index in [2.05, 4.69) is 17.1 Å². The Hall–Kier alpha value is -0.610. The molecule has 0 aromatic carbocycles. The molecule has 3 N–H and O–H groups in total. The van der Waals surface area contributed by atoms with E-state index in [0.29, 0.717) is 24.5 Å². The first-order chi connectivity index (χ1) is 9.15. The molecule has 4 nitrogen and oxygen atoms in total. The van der Waals surface area contributed by atoms with Gasteiger partial charge in [-0.25, -0.2) is 0 Å². The minimum absolute atomic E-state index is 0.214. The third-order valence-electron chi connectivity index (χ3n) is 4.71. The SMILES string of the molecule is CC(N)C1CCN(CC(=O)NC2CCCCC2)CC1. The zero-order chi connectivity index (χ0) is 13.7. The maximum absolute atomic E-state index is 12.0. The van der Waals surface area contributed by atoms with Crippen molar-refractivity contribution >= 4 is 5.91 Å². The van der Waals surface area contributed by atoms with Gasteiger partial charge in [0.25, 0.3) is 0 Å². The first-order valence-electron chi connectivity index (χ1n) is 7.92. The van der Waals surface area contributed by atoms with Gasteiger partial charge in [0.15, 0.2) is 0 Å². The van der Waals surface area contributed by atoms with Crippen molar-refractivity contribution in [1.82, 2.24) is 10.2 Å². The molecule has 0 radical (unpaired) electrons. The van der Waals surface area contributed by atoms with Gasteiger partial charge in [-0.2, -0.15) is 0 Å². The van der Waals surface area contributed by atoms with E-state index >= 15 is 0 Å². The highest BCUT2D eigenvalue weighted by Gasteiger charge is 2.24. The standard InChI is InChI=1S/C15H29N3O/c1-12(16)13-7-9-18(10-8-13)11-15(19)17-14-5-3-2-4-6-14/h12-14H,2-11,16H2,1H3,(H,17,19). The van der Waals surface area contributed by atoms with E-state index in [0.717, 1.165) is 25.9 Å². The largest absolute Gasteiger partial charge is 0.352 e. The van der Waals surface area contributed by atoms with Gasteiger partial charge in [0.2, 0.25) is 5.91 Å². The number of piperidine rings is 1. The van der Waals surface area contributed by atoms with Crippen LogP contribution in [0.2, 0.25) is 0 Å². The van der Waals surface area contributed by atoms with Crippen LogP contribution in [0.5, 0.6) is 0 Å². The number of hydrogen-bond donors (Lipinski definition) is 2. The van der Waals surface area contributed by atoms with Crippen LogP contribution in [0.1, 0.15) is 51.9 Å². The van der Waals surface area contributed by atoms with Crippen LogP contribution in [0.4, 0.5) is 0 Å². The second-order valence-electron chi connectivity index (χ2n) is 6.38. The molecule has 110 valence electrons. The summed E-state index contributed by atoms with van der Waals surface area (Å²) in [5, 5.41) is 3.19. The van der Waals surface area contributed by atoms with Gasteiger partial charge in [0, 0.05) is 12.1 Å². The predicted octanol–water partition coefficient (Wildman–Crippen LogP) is 1.49. The van der Waals surface area contributed by atoms with Crippen molar-refractivity contribution in [2.75, 3.05) is 19.6 Å². The molecule has 1 amide bonds. The number of carbonyl (C=O) groups excluding carboxylic acids is 1. The fourth-order valence-corrected chi connectivity index (χ4v) is 3.36. The number of nitrogens with two attached hydrogens (primary N) is 1. The smallest absolute Gasteiger partial charge is 0.234 e. The Balaban J connectivity index is 1.65. The van der Waals surface area contributed by atoms with E-state index in [-0.39, 0.29) is 5.91 Å². The molecule has 1 heterocycles. The van der Waals surface area contributed by atoms with Crippen molar-refractivity contribution in [1.29, 1.82) is 0 Å². The number of likely N-dealkylation sites (tertiary alicyclic amines) is 1. The molecule has 0 aromatic heterocycles. The van der Waals surface area contributed by atoms with E-state index in [1.54, 1.807) is 0 Å². The second kappa shape index (κ2) is 7.25. The van der Waals surface area contributed by atoms with Gasteiger partial charge < -0.3 is 11.1 Å². The van der Waals surface area contributed by atoms with Crippen molar-refractivity contribution in [3.05, 3.63) is 0 Å². The summed E-state index contributed by atoms with van der Waals surface area (Å²) in [6.45, 7) is 4.70. The van der Waals surface area contributed by atoms with Crippen molar-refractivity contribution in [3.63, 3.8) is 0 Å². The summed E-state index contributed by atoms with van der Waals surface area (Å²) < 4.78 is 0. The fourth-order valence-electron chi connectivity index (χ4n) is 3.36. The predicted molar refractivity (Wildman–Crippen MR) is 77.8 cm³/mol. The molecule has 2 fully saturated rings. The highest BCUT2D eigenvalue weighted by atomic mass is 16.2. The molecular formula is C15H29N3O. The molecular weight excluding hydrogens is 238 g/mol. The average molecular weight is 267 g/mol. The zero-order valence-electron chi connectivity index (χ0n) is 12.2. The molecule has 1 aliphatic carbocycles. The zero-order valence-corrected chi connectivity index (χ0v) is 12.2. The molecule has 1 unspecified atom stereocenters. The molecule has 1 saturated carbocycles. The highest BCUT2D eigenvalue weighted by molar-refractivity contribution is 5.78. The van der Waals surface area contributed by atoms with Gasteiger partial charge in [-0.3, -0.25) is 9.69 Å². The summed E-state index contributed by atoms with van der Waals surface area (Å²) in [6, 6.07) is 0.723. The van der Waals surface area contributed by atoms with Crippen LogP contribution >= 0.6 is 0 Å². The minimum atomic E-state index is 0.214. The van der Waals surface area contributed by atoms with E-state index in [9.17, 15) is 4.79 Å². The van der Waals surface area contributed by atoms with Crippen molar-refractivity contribution in [3.8, 4) is 0 Å². The number of hydrogen-bond acceptors (Lipinski definition) is 3. The van der Waals surface area contributed by atoms with E-state index in [1.807, 2.05) is 0 Å². The molecule has 4 heteroatoms. The lowest BCUT2D eigenvalue weighted by atomic mass is 9.91. The summed E-state index contributed by atoms with van der Waals surface area (Å²) in [5.74, 6) is 0.851. The maximum atomic E-state index is 12.0. The Morgan fingerprint density at radius 3 is 2.42 bits per heavy atom. The van der Waals surface area contributed by atoms with Gasteiger partial charge in [-0.15, -0.1) is 0 Å². The summed E-state index contributed by atoms with van der Waals surface area (Å²) >= 11 is 0. The third kappa shape index (κ3) is 4.77. The topological polar surface area (TPSA) is 58.4 Å². The molecule has 0 aromatic rings. The molecule has 0 bridgehead atoms. The fraction of sp³-hybridized carbons (Fsp3) is 0.933. The lowest BCUT2D eigenvalue weighted by molar-refractivity contribution is -0.123. The molecule has 19 heavy (non-hydrogen) atoms. The molecule has 2 aliphatic rings. The first kappa shape index (κ1) is 14.8. The van der Waals surface area contributed by atoms with E-state index in [1.165, 1.54) is 32.1 Å². The van der Waals surface area contributed by atoms with Crippen molar-refractivity contribution in [2.24, 2.45) is 11.7 Å². The molecule has 1 saturated heterocycles. The quantitative estimate of drug-likeness (QED) is 0.811. The van der Waals surface area contributed by atoms with Gasteiger partial charge in [-0.05, 0) is 51.6 Å². The van der Waals surface area contributed by atoms with Crippen LogP contribution in [0.15, 0.2) is 0 Å². The molecule has 1 atom stereocenters. The molecule has 1 aliphatic heterocycles. The Kier molecular flexibility index (Phi) is 5.64. The number of rotatable bonds is 4. The van der Waals surface area contributed by atoms with Crippen molar-refractivity contribution in [2.45, 2.75) is 64.0 Å². The first-order valence-corrected chi connectivity index (χ1v) is 7.92. The lowest BCUT2D eigenvalue weighted by Crippen LogP contribution is -2.46. The Morgan fingerprint density at radius 1 is 1.21 bits per heavy atom. The second-order valence-corrected chi connectivity index (χ2v) is 6.38. The summed E-state index contributed by atoms with van der Waals surface area (Å²) in [4.78, 5) is 14.3. The number of carbonyl (C=O) groups is 1. The lowest BCUT2D eigenvalue weighted by Gasteiger charge is -2.33. The molecule has 0 spiro atoms. The van der Waals surface area contributed by atoms with Crippen LogP contribution in [-0.4, -0.2) is 42.5 Å². The summed E-state index contributed by atoms with van der Waals surface area (Å²) in [5.41, 5.74) is 5.94. The van der Waals surface area contributed by atoms with Gasteiger partial charge >= 0.3 is 0 Å². The monoisotopic (exact) mass is 267 g/mol. The van der Waals surface area contributed by atoms with E-state index in [4.69, 9.17) is 5.73 Å². The Labute approximate surface area is 117 Å².